The Hall–Kier alpha value is -2.63. The molecule has 0 bridgehead atoms. The Morgan fingerprint density at radius 3 is 2.78 bits per heavy atom. The first-order chi connectivity index (χ1) is 13.2. The van der Waals surface area contributed by atoms with Crippen molar-refractivity contribution in [2.24, 2.45) is 0 Å². The van der Waals surface area contributed by atoms with Crippen LogP contribution in [0.5, 0.6) is 5.75 Å². The zero-order valence-corrected chi connectivity index (χ0v) is 15.8. The summed E-state index contributed by atoms with van der Waals surface area (Å²) in [6, 6.07) is 16.5. The van der Waals surface area contributed by atoms with Gasteiger partial charge in [-0.3, -0.25) is 0 Å². The maximum atomic E-state index is 5.99. The van der Waals surface area contributed by atoms with E-state index in [0.29, 0.717) is 6.61 Å². The van der Waals surface area contributed by atoms with Crippen molar-refractivity contribution in [3.8, 4) is 17.0 Å². The van der Waals surface area contributed by atoms with Crippen molar-refractivity contribution >= 4 is 0 Å². The lowest BCUT2D eigenvalue weighted by atomic mass is 10.1. The highest BCUT2D eigenvalue weighted by Gasteiger charge is 2.21. The number of nitrogens with zero attached hydrogens (tertiary/aromatic N) is 2. The molecule has 1 N–H and O–H groups in total. The van der Waals surface area contributed by atoms with Crippen LogP contribution >= 0.6 is 0 Å². The number of benzene rings is 2. The van der Waals surface area contributed by atoms with Crippen LogP contribution in [-0.2, 0) is 24.4 Å². The van der Waals surface area contributed by atoms with E-state index in [-0.39, 0.29) is 6.10 Å². The fourth-order valence-corrected chi connectivity index (χ4v) is 3.39. The molecular weight excluding hydrogens is 338 g/mol. The summed E-state index contributed by atoms with van der Waals surface area (Å²) in [6.07, 6.45) is 2.27. The van der Waals surface area contributed by atoms with Gasteiger partial charge in [0.05, 0.1) is 25.5 Å². The summed E-state index contributed by atoms with van der Waals surface area (Å²) in [5.74, 6) is 1.84. The molecule has 5 nitrogen and oxygen atoms in total. The topological polar surface area (TPSA) is 48.3 Å². The molecule has 0 aliphatic carbocycles. The number of methoxy groups -OCH3 is 1. The number of fused-ring (bicyclic) bond motifs is 1. The highest BCUT2D eigenvalue weighted by molar-refractivity contribution is 5.59. The summed E-state index contributed by atoms with van der Waals surface area (Å²) in [4.78, 5) is 4.73. The number of hydrogen-bond acceptors (Lipinski definition) is 4. The Bertz CT molecular complexity index is 902. The van der Waals surface area contributed by atoms with Crippen LogP contribution in [0.3, 0.4) is 0 Å². The maximum Gasteiger partial charge on any atom is 0.135 e. The molecule has 140 valence electrons. The van der Waals surface area contributed by atoms with Crippen LogP contribution in [0.2, 0.25) is 0 Å². The van der Waals surface area contributed by atoms with Crippen molar-refractivity contribution < 1.29 is 9.47 Å². The summed E-state index contributed by atoms with van der Waals surface area (Å²) < 4.78 is 13.4. The third-order valence-corrected chi connectivity index (χ3v) is 5.04. The molecule has 1 aromatic heterocycles. The number of rotatable bonds is 6. The van der Waals surface area contributed by atoms with Crippen LogP contribution in [0, 0.1) is 6.92 Å². The molecule has 0 radical (unpaired) electrons. The van der Waals surface area contributed by atoms with Crippen molar-refractivity contribution in [2.45, 2.75) is 32.7 Å². The van der Waals surface area contributed by atoms with E-state index in [1.807, 2.05) is 24.3 Å². The number of nitrogens with one attached hydrogen (secondary N) is 1. The molecule has 1 unspecified atom stereocenters. The standard InChI is InChI=1S/C22H25N3O2/c1-16-5-3-4-6-18(16)11-23-12-20-13-25-14-21(24-22(25)15-27-20)17-7-9-19(26-2)10-8-17/h3-10,14,20,23H,11-13,15H2,1-2H3. The molecule has 0 amide bonds. The van der Waals surface area contributed by atoms with Gasteiger partial charge < -0.3 is 19.4 Å². The lowest BCUT2D eigenvalue weighted by Gasteiger charge is -2.24. The lowest BCUT2D eigenvalue weighted by molar-refractivity contribution is 0.00277. The Balaban J connectivity index is 1.37. The van der Waals surface area contributed by atoms with E-state index in [1.165, 1.54) is 11.1 Å². The number of aryl methyl sites for hydroxylation is 1. The zero-order valence-electron chi connectivity index (χ0n) is 15.8. The van der Waals surface area contributed by atoms with Crippen LogP contribution in [0.1, 0.15) is 17.0 Å². The van der Waals surface area contributed by atoms with Crippen LogP contribution in [0.15, 0.2) is 54.7 Å². The molecule has 0 saturated heterocycles. The van der Waals surface area contributed by atoms with Crippen molar-refractivity contribution in [1.29, 1.82) is 0 Å². The molecule has 0 saturated carbocycles. The zero-order chi connectivity index (χ0) is 18.6. The van der Waals surface area contributed by atoms with Crippen LogP contribution in [0.25, 0.3) is 11.3 Å². The minimum atomic E-state index is 0.152. The lowest BCUT2D eigenvalue weighted by Crippen LogP contribution is -2.36. The molecule has 1 aliphatic rings. The average molecular weight is 363 g/mol. The summed E-state index contributed by atoms with van der Waals surface area (Å²) in [5.41, 5.74) is 4.71. The van der Waals surface area contributed by atoms with E-state index in [1.54, 1.807) is 7.11 Å². The number of hydrogen-bond donors (Lipinski definition) is 1. The molecule has 27 heavy (non-hydrogen) atoms. The van der Waals surface area contributed by atoms with E-state index in [0.717, 1.165) is 42.5 Å². The summed E-state index contributed by atoms with van der Waals surface area (Å²) >= 11 is 0. The SMILES string of the molecule is COc1ccc(-c2cn3c(n2)COC(CNCc2ccccc2C)C3)cc1. The minimum Gasteiger partial charge on any atom is -0.497 e. The van der Waals surface area contributed by atoms with Gasteiger partial charge in [-0.25, -0.2) is 4.98 Å². The molecule has 5 heteroatoms. The second-order valence-corrected chi connectivity index (χ2v) is 6.91. The number of aromatic nitrogens is 2. The van der Waals surface area contributed by atoms with Gasteiger partial charge in [0.15, 0.2) is 0 Å². The van der Waals surface area contributed by atoms with Gasteiger partial charge in [0, 0.05) is 24.8 Å². The first-order valence-electron chi connectivity index (χ1n) is 9.30. The Morgan fingerprint density at radius 1 is 1.19 bits per heavy atom. The van der Waals surface area contributed by atoms with Gasteiger partial charge in [-0.1, -0.05) is 24.3 Å². The summed E-state index contributed by atoms with van der Waals surface area (Å²) in [7, 11) is 1.68. The summed E-state index contributed by atoms with van der Waals surface area (Å²) in [6.45, 7) is 5.20. The smallest absolute Gasteiger partial charge is 0.135 e. The van der Waals surface area contributed by atoms with E-state index < -0.39 is 0 Å². The van der Waals surface area contributed by atoms with Gasteiger partial charge in [0.1, 0.15) is 18.2 Å². The molecular formula is C22H25N3O2. The van der Waals surface area contributed by atoms with Crippen molar-refractivity contribution in [1.82, 2.24) is 14.9 Å². The number of imidazole rings is 1. The second-order valence-electron chi connectivity index (χ2n) is 6.91. The van der Waals surface area contributed by atoms with Gasteiger partial charge in [-0.05, 0) is 42.3 Å². The first kappa shape index (κ1) is 17.8. The van der Waals surface area contributed by atoms with Crippen LogP contribution < -0.4 is 10.1 Å². The van der Waals surface area contributed by atoms with E-state index in [9.17, 15) is 0 Å². The normalized spacial score (nSPS) is 16.1. The van der Waals surface area contributed by atoms with Gasteiger partial charge in [0.25, 0.3) is 0 Å². The van der Waals surface area contributed by atoms with Crippen LogP contribution in [0.4, 0.5) is 0 Å². The third kappa shape index (κ3) is 4.04. The van der Waals surface area contributed by atoms with E-state index >= 15 is 0 Å². The monoisotopic (exact) mass is 363 g/mol. The molecule has 1 aliphatic heterocycles. The fraction of sp³-hybridized carbons (Fsp3) is 0.318. The average Bonchev–Trinajstić information content (AvgIpc) is 3.13. The first-order valence-corrected chi connectivity index (χ1v) is 9.30. The van der Waals surface area contributed by atoms with E-state index in [4.69, 9.17) is 14.5 Å². The van der Waals surface area contributed by atoms with Crippen LogP contribution in [-0.4, -0.2) is 29.3 Å². The molecule has 2 heterocycles. The summed E-state index contributed by atoms with van der Waals surface area (Å²) in [5, 5.41) is 3.52. The molecule has 4 rings (SSSR count). The van der Waals surface area contributed by atoms with Crippen molar-refractivity contribution in [2.75, 3.05) is 13.7 Å². The molecule has 0 fully saturated rings. The molecule has 3 aromatic rings. The minimum absolute atomic E-state index is 0.152. The Morgan fingerprint density at radius 2 is 2.00 bits per heavy atom. The van der Waals surface area contributed by atoms with Gasteiger partial charge in [-0.2, -0.15) is 0 Å². The predicted octanol–water partition coefficient (Wildman–Crippen LogP) is 3.56. The third-order valence-electron chi connectivity index (χ3n) is 5.04. The predicted molar refractivity (Wildman–Crippen MR) is 106 cm³/mol. The van der Waals surface area contributed by atoms with Gasteiger partial charge >= 0.3 is 0 Å². The Kier molecular flexibility index (Phi) is 5.23. The largest absolute Gasteiger partial charge is 0.497 e. The Labute approximate surface area is 160 Å². The molecule has 1 atom stereocenters. The quantitative estimate of drug-likeness (QED) is 0.728. The maximum absolute atomic E-state index is 5.99. The van der Waals surface area contributed by atoms with Gasteiger partial charge in [0.2, 0.25) is 0 Å². The van der Waals surface area contributed by atoms with Crippen molar-refractivity contribution in [3.05, 3.63) is 71.7 Å². The fourth-order valence-electron chi connectivity index (χ4n) is 3.39. The van der Waals surface area contributed by atoms with Crippen molar-refractivity contribution in [3.63, 3.8) is 0 Å². The van der Waals surface area contributed by atoms with E-state index in [2.05, 4.69) is 47.3 Å². The highest BCUT2D eigenvalue weighted by Crippen LogP contribution is 2.24. The number of ether oxygens (including phenoxy) is 2. The highest BCUT2D eigenvalue weighted by atomic mass is 16.5. The molecule has 2 aromatic carbocycles. The van der Waals surface area contributed by atoms with Gasteiger partial charge in [-0.15, -0.1) is 0 Å². The second kappa shape index (κ2) is 7.94. The molecule has 0 spiro atoms.